The Morgan fingerprint density at radius 3 is 2.67 bits per heavy atom. The molecule has 0 N–H and O–H groups in total. The van der Waals surface area contributed by atoms with Crippen LogP contribution < -0.4 is 4.74 Å². The Labute approximate surface area is 91.5 Å². The number of hydrogen-bond acceptors (Lipinski definition) is 2. The predicted octanol–water partition coefficient (Wildman–Crippen LogP) is 3.41. The number of ether oxygens (including phenoxy) is 1. The summed E-state index contributed by atoms with van der Waals surface area (Å²) in [5.41, 5.74) is 2.60. The van der Waals surface area contributed by atoms with E-state index in [2.05, 4.69) is 32.9 Å². The monoisotopic (exact) mass is 203 g/mol. The Bertz CT molecular complexity index is 363. The van der Waals surface area contributed by atoms with Crippen LogP contribution in [0.5, 0.6) is 5.75 Å². The summed E-state index contributed by atoms with van der Waals surface area (Å²) in [4.78, 5) is 0. The van der Waals surface area contributed by atoms with Gasteiger partial charge in [0.1, 0.15) is 12.4 Å². The van der Waals surface area contributed by atoms with Crippen LogP contribution in [0.4, 0.5) is 0 Å². The molecule has 2 nitrogen and oxygen atoms in total. The lowest BCUT2D eigenvalue weighted by Crippen LogP contribution is -1.98. The average molecular weight is 203 g/mol. The SMILES string of the molecule is Cc1cc(OCCC#N)ccc1C(C)C. The van der Waals surface area contributed by atoms with Gasteiger partial charge in [-0.3, -0.25) is 0 Å². The van der Waals surface area contributed by atoms with Crippen molar-refractivity contribution in [1.82, 2.24) is 0 Å². The second kappa shape index (κ2) is 5.41. The van der Waals surface area contributed by atoms with E-state index >= 15 is 0 Å². The summed E-state index contributed by atoms with van der Waals surface area (Å²) in [6, 6.07) is 8.16. The lowest BCUT2D eigenvalue weighted by atomic mass is 9.98. The fourth-order valence-corrected chi connectivity index (χ4v) is 1.60. The molecule has 0 atom stereocenters. The molecule has 0 aliphatic rings. The maximum atomic E-state index is 8.39. The van der Waals surface area contributed by atoms with Crippen LogP contribution in [0.3, 0.4) is 0 Å². The number of benzene rings is 1. The van der Waals surface area contributed by atoms with Crippen molar-refractivity contribution in [1.29, 1.82) is 5.26 Å². The maximum Gasteiger partial charge on any atom is 0.119 e. The molecule has 0 aromatic heterocycles. The van der Waals surface area contributed by atoms with Crippen LogP contribution in [0.15, 0.2) is 18.2 Å². The molecule has 0 unspecified atom stereocenters. The summed E-state index contributed by atoms with van der Waals surface area (Å²) in [6.07, 6.45) is 0.435. The normalized spacial score (nSPS) is 10.1. The molecule has 0 saturated heterocycles. The third kappa shape index (κ3) is 3.28. The van der Waals surface area contributed by atoms with E-state index in [1.54, 1.807) is 0 Å². The second-order valence-corrected chi connectivity index (χ2v) is 3.93. The quantitative estimate of drug-likeness (QED) is 0.702. The van der Waals surface area contributed by atoms with E-state index in [1.165, 1.54) is 11.1 Å². The molecular formula is C13H17NO. The van der Waals surface area contributed by atoms with E-state index in [-0.39, 0.29) is 0 Å². The molecule has 2 heteroatoms. The molecule has 0 fully saturated rings. The third-order valence-corrected chi connectivity index (χ3v) is 2.35. The Kier molecular flexibility index (Phi) is 4.17. The summed E-state index contributed by atoms with van der Waals surface area (Å²) >= 11 is 0. The average Bonchev–Trinajstić information content (AvgIpc) is 2.17. The Morgan fingerprint density at radius 2 is 2.13 bits per heavy atom. The summed E-state index contributed by atoms with van der Waals surface area (Å²) in [7, 11) is 0. The van der Waals surface area contributed by atoms with Crippen molar-refractivity contribution in [3.8, 4) is 11.8 Å². The van der Waals surface area contributed by atoms with Crippen LogP contribution in [0.2, 0.25) is 0 Å². The van der Waals surface area contributed by atoms with Crippen molar-refractivity contribution in [2.75, 3.05) is 6.61 Å². The molecule has 0 aliphatic carbocycles. The highest BCUT2D eigenvalue weighted by Gasteiger charge is 2.04. The van der Waals surface area contributed by atoms with Gasteiger partial charge in [0.2, 0.25) is 0 Å². The Morgan fingerprint density at radius 1 is 1.40 bits per heavy atom. The van der Waals surface area contributed by atoms with Gasteiger partial charge in [0, 0.05) is 0 Å². The van der Waals surface area contributed by atoms with Crippen molar-refractivity contribution in [3.63, 3.8) is 0 Å². The Balaban J connectivity index is 2.70. The van der Waals surface area contributed by atoms with Crippen molar-refractivity contribution in [2.24, 2.45) is 0 Å². The summed E-state index contributed by atoms with van der Waals surface area (Å²) in [5.74, 6) is 1.39. The van der Waals surface area contributed by atoms with Crippen molar-refractivity contribution in [2.45, 2.75) is 33.1 Å². The minimum Gasteiger partial charge on any atom is -0.493 e. The zero-order valence-electron chi connectivity index (χ0n) is 9.58. The molecular weight excluding hydrogens is 186 g/mol. The molecule has 15 heavy (non-hydrogen) atoms. The molecule has 0 saturated carbocycles. The molecule has 0 spiro atoms. The number of nitrogens with zero attached hydrogens (tertiary/aromatic N) is 1. The Hall–Kier alpha value is -1.49. The lowest BCUT2D eigenvalue weighted by Gasteiger charge is -2.11. The predicted molar refractivity (Wildman–Crippen MR) is 61.0 cm³/mol. The smallest absolute Gasteiger partial charge is 0.119 e. The van der Waals surface area contributed by atoms with Crippen molar-refractivity contribution >= 4 is 0 Å². The molecule has 0 radical (unpaired) electrons. The molecule has 80 valence electrons. The summed E-state index contributed by atoms with van der Waals surface area (Å²) in [5, 5.41) is 8.39. The standard InChI is InChI=1S/C13H17NO/c1-10(2)13-6-5-12(9-11(13)3)15-8-4-7-14/h5-6,9-10H,4,8H2,1-3H3. The minimum atomic E-state index is 0.435. The summed E-state index contributed by atoms with van der Waals surface area (Å²) in [6.45, 7) is 6.92. The van der Waals surface area contributed by atoms with Gasteiger partial charge >= 0.3 is 0 Å². The van der Waals surface area contributed by atoms with Crippen LogP contribution in [0.25, 0.3) is 0 Å². The molecule has 1 aromatic rings. The van der Waals surface area contributed by atoms with E-state index in [9.17, 15) is 0 Å². The zero-order chi connectivity index (χ0) is 11.3. The fourth-order valence-electron chi connectivity index (χ4n) is 1.60. The van der Waals surface area contributed by atoms with Crippen LogP contribution in [0.1, 0.15) is 37.3 Å². The van der Waals surface area contributed by atoms with Crippen LogP contribution in [-0.4, -0.2) is 6.61 Å². The van der Waals surface area contributed by atoms with Crippen LogP contribution >= 0.6 is 0 Å². The highest BCUT2D eigenvalue weighted by molar-refractivity contribution is 5.36. The largest absolute Gasteiger partial charge is 0.493 e. The van der Waals surface area contributed by atoms with Gasteiger partial charge in [-0.15, -0.1) is 0 Å². The van der Waals surface area contributed by atoms with Gasteiger partial charge in [-0.25, -0.2) is 0 Å². The fraction of sp³-hybridized carbons (Fsp3) is 0.462. The van der Waals surface area contributed by atoms with Gasteiger partial charge in [-0.2, -0.15) is 5.26 Å². The van der Waals surface area contributed by atoms with E-state index in [0.717, 1.165) is 5.75 Å². The number of hydrogen-bond donors (Lipinski definition) is 0. The van der Waals surface area contributed by atoms with Gasteiger partial charge in [-0.1, -0.05) is 19.9 Å². The van der Waals surface area contributed by atoms with E-state index < -0.39 is 0 Å². The molecule has 0 aliphatic heterocycles. The van der Waals surface area contributed by atoms with Gasteiger partial charge in [0.15, 0.2) is 0 Å². The van der Waals surface area contributed by atoms with E-state index in [1.807, 2.05) is 12.1 Å². The zero-order valence-corrected chi connectivity index (χ0v) is 9.58. The topological polar surface area (TPSA) is 33.0 Å². The van der Waals surface area contributed by atoms with Gasteiger partial charge in [-0.05, 0) is 36.1 Å². The van der Waals surface area contributed by atoms with Crippen molar-refractivity contribution in [3.05, 3.63) is 29.3 Å². The lowest BCUT2D eigenvalue weighted by molar-refractivity contribution is 0.326. The first-order chi connectivity index (χ1) is 7.15. The first kappa shape index (κ1) is 11.6. The molecule has 1 aromatic carbocycles. The van der Waals surface area contributed by atoms with E-state index in [4.69, 9.17) is 10.00 Å². The van der Waals surface area contributed by atoms with Gasteiger partial charge in [0.05, 0.1) is 12.5 Å². The number of rotatable bonds is 4. The number of aryl methyl sites for hydroxylation is 1. The molecule has 0 bridgehead atoms. The molecule has 1 rings (SSSR count). The molecule has 0 heterocycles. The van der Waals surface area contributed by atoms with Crippen LogP contribution in [-0.2, 0) is 0 Å². The minimum absolute atomic E-state index is 0.435. The van der Waals surface area contributed by atoms with Gasteiger partial charge in [0.25, 0.3) is 0 Å². The highest BCUT2D eigenvalue weighted by atomic mass is 16.5. The third-order valence-electron chi connectivity index (χ3n) is 2.35. The first-order valence-electron chi connectivity index (χ1n) is 5.25. The maximum absolute atomic E-state index is 8.39. The molecule has 0 amide bonds. The van der Waals surface area contributed by atoms with Crippen LogP contribution in [0, 0.1) is 18.3 Å². The van der Waals surface area contributed by atoms with E-state index in [0.29, 0.717) is 18.9 Å². The number of nitriles is 1. The summed E-state index contributed by atoms with van der Waals surface area (Å²) < 4.78 is 5.44. The van der Waals surface area contributed by atoms with Gasteiger partial charge < -0.3 is 4.74 Å². The first-order valence-corrected chi connectivity index (χ1v) is 5.25. The highest BCUT2D eigenvalue weighted by Crippen LogP contribution is 2.23. The second-order valence-electron chi connectivity index (χ2n) is 3.93. The van der Waals surface area contributed by atoms with Crippen molar-refractivity contribution < 1.29 is 4.74 Å².